The number of aromatic nitrogens is 3. The van der Waals surface area contributed by atoms with Gasteiger partial charge in [0.05, 0.1) is 24.3 Å². The van der Waals surface area contributed by atoms with E-state index >= 15 is 0 Å². The molecule has 10 heteroatoms. The maximum Gasteiger partial charge on any atom is 0.289 e. The molecular weight excluding hydrogens is 418 g/mol. The summed E-state index contributed by atoms with van der Waals surface area (Å²) in [6.07, 6.45) is 2.93. The van der Waals surface area contributed by atoms with Crippen LogP contribution in [0.1, 0.15) is 27.0 Å². The van der Waals surface area contributed by atoms with E-state index in [1.807, 2.05) is 24.3 Å². The molecule has 31 heavy (non-hydrogen) atoms. The first-order valence-electron chi connectivity index (χ1n) is 9.88. The number of carbonyl (C=O) groups is 1. The molecule has 0 radical (unpaired) electrons. The number of piperazine rings is 1. The molecule has 3 aromatic heterocycles. The van der Waals surface area contributed by atoms with E-state index < -0.39 is 0 Å². The maximum atomic E-state index is 12.6. The lowest BCUT2D eigenvalue weighted by molar-refractivity contribution is 0.0568. The molecule has 4 aromatic rings. The fourth-order valence-corrected chi connectivity index (χ4v) is 5.02. The summed E-state index contributed by atoms with van der Waals surface area (Å²) in [4.78, 5) is 22.3. The summed E-state index contributed by atoms with van der Waals surface area (Å²) >= 11 is 1.41. The van der Waals surface area contributed by atoms with Crippen molar-refractivity contribution < 1.29 is 19.1 Å². The lowest BCUT2D eigenvalue weighted by Gasteiger charge is -2.38. The van der Waals surface area contributed by atoms with Crippen LogP contribution in [0.15, 0.2) is 53.4 Å². The second-order valence-electron chi connectivity index (χ2n) is 7.23. The van der Waals surface area contributed by atoms with Gasteiger partial charge in [0.15, 0.2) is 5.76 Å². The standard InChI is InChI=1S/C21H21N5O4S/c1-29-15-6-4-14(5-7-15)17(18-20(28)26-21(31-18)22-13-23-26)24-8-10-25(11-9-24)19(27)16-3-2-12-30-16/h2-7,12-13,17,28H,8-11H2,1H3/t17-/m1/s1. The monoisotopic (exact) mass is 439 g/mol. The van der Waals surface area contributed by atoms with Crippen molar-refractivity contribution >= 4 is 22.2 Å². The van der Waals surface area contributed by atoms with Crippen LogP contribution in [0, 0.1) is 0 Å². The van der Waals surface area contributed by atoms with Crippen molar-refractivity contribution in [3.05, 3.63) is 65.2 Å². The van der Waals surface area contributed by atoms with Gasteiger partial charge >= 0.3 is 0 Å². The number of amides is 1. The molecule has 1 aliphatic heterocycles. The topological polar surface area (TPSA) is 96.3 Å². The van der Waals surface area contributed by atoms with Crippen LogP contribution in [-0.4, -0.2) is 68.7 Å². The molecular formula is C21H21N5O4S. The minimum atomic E-state index is -0.194. The number of hydrogen-bond acceptors (Lipinski definition) is 8. The van der Waals surface area contributed by atoms with Crippen molar-refractivity contribution in [1.82, 2.24) is 24.4 Å². The summed E-state index contributed by atoms with van der Waals surface area (Å²) in [5, 5.41) is 15.0. The van der Waals surface area contributed by atoms with Crippen molar-refractivity contribution in [3.63, 3.8) is 0 Å². The molecule has 1 aromatic carbocycles. The van der Waals surface area contributed by atoms with Crippen LogP contribution in [0.5, 0.6) is 11.6 Å². The highest BCUT2D eigenvalue weighted by Crippen LogP contribution is 2.40. The quantitative estimate of drug-likeness (QED) is 0.511. The fourth-order valence-electron chi connectivity index (χ4n) is 3.93. The summed E-state index contributed by atoms with van der Waals surface area (Å²) in [5.74, 6) is 1.10. The Hall–Kier alpha value is -3.37. The van der Waals surface area contributed by atoms with E-state index in [9.17, 15) is 9.90 Å². The van der Waals surface area contributed by atoms with Gasteiger partial charge in [0.1, 0.15) is 12.1 Å². The van der Waals surface area contributed by atoms with Crippen LogP contribution < -0.4 is 4.74 Å². The van der Waals surface area contributed by atoms with Gasteiger partial charge in [-0.25, -0.2) is 4.98 Å². The number of fused-ring (bicyclic) bond motifs is 1. The SMILES string of the molecule is COc1ccc([C@H](c2sc3ncnn3c2O)N2CCN(C(=O)c3ccco3)CC2)cc1. The molecule has 1 amide bonds. The lowest BCUT2D eigenvalue weighted by Crippen LogP contribution is -2.49. The van der Waals surface area contributed by atoms with Crippen molar-refractivity contribution in [2.45, 2.75) is 6.04 Å². The summed E-state index contributed by atoms with van der Waals surface area (Å²) in [7, 11) is 1.63. The molecule has 0 spiro atoms. The Balaban J connectivity index is 1.44. The number of benzene rings is 1. The number of thiazole rings is 1. The first-order valence-corrected chi connectivity index (χ1v) is 10.7. The van der Waals surface area contributed by atoms with Gasteiger partial charge in [-0.05, 0) is 29.8 Å². The third-order valence-corrected chi connectivity index (χ3v) is 6.60. The Kier molecular flexibility index (Phi) is 5.08. The van der Waals surface area contributed by atoms with Gasteiger partial charge in [-0.1, -0.05) is 23.5 Å². The maximum absolute atomic E-state index is 12.6. The zero-order chi connectivity index (χ0) is 21.4. The second-order valence-corrected chi connectivity index (χ2v) is 8.23. The average Bonchev–Trinajstić information content (AvgIpc) is 3.55. The Morgan fingerprint density at radius 3 is 2.61 bits per heavy atom. The molecule has 1 atom stereocenters. The third kappa shape index (κ3) is 3.53. The minimum Gasteiger partial charge on any atom is -0.497 e. The second kappa shape index (κ2) is 8.05. The number of aromatic hydroxyl groups is 1. The number of carbonyl (C=O) groups excluding carboxylic acids is 1. The molecule has 0 aliphatic carbocycles. The normalized spacial score (nSPS) is 16.0. The highest BCUT2D eigenvalue weighted by molar-refractivity contribution is 7.17. The fraction of sp³-hybridized carbons (Fsp3) is 0.286. The average molecular weight is 439 g/mol. The van der Waals surface area contributed by atoms with Gasteiger partial charge in [0, 0.05) is 26.2 Å². The smallest absolute Gasteiger partial charge is 0.289 e. The molecule has 0 unspecified atom stereocenters. The summed E-state index contributed by atoms with van der Waals surface area (Å²) < 4.78 is 12.0. The Labute approximate surface area is 182 Å². The van der Waals surface area contributed by atoms with Gasteiger partial charge in [0.2, 0.25) is 10.8 Å². The summed E-state index contributed by atoms with van der Waals surface area (Å²) in [5.41, 5.74) is 1.02. The van der Waals surface area contributed by atoms with Gasteiger partial charge < -0.3 is 19.2 Å². The number of rotatable bonds is 5. The Morgan fingerprint density at radius 2 is 1.97 bits per heavy atom. The molecule has 1 saturated heterocycles. The molecule has 1 N–H and O–H groups in total. The lowest BCUT2D eigenvalue weighted by atomic mass is 10.0. The highest BCUT2D eigenvalue weighted by Gasteiger charge is 2.33. The van der Waals surface area contributed by atoms with Crippen molar-refractivity contribution in [2.24, 2.45) is 0 Å². The molecule has 4 heterocycles. The van der Waals surface area contributed by atoms with Crippen LogP contribution in [-0.2, 0) is 0 Å². The largest absolute Gasteiger partial charge is 0.497 e. The van der Waals surface area contributed by atoms with E-state index in [-0.39, 0.29) is 17.8 Å². The van der Waals surface area contributed by atoms with Crippen molar-refractivity contribution in [1.29, 1.82) is 0 Å². The molecule has 5 rings (SSSR count). The van der Waals surface area contributed by atoms with Gasteiger partial charge in [-0.2, -0.15) is 9.61 Å². The number of hydrogen-bond donors (Lipinski definition) is 1. The van der Waals surface area contributed by atoms with E-state index in [0.29, 0.717) is 36.9 Å². The molecule has 1 aliphatic rings. The number of furan rings is 1. The number of ether oxygens (including phenoxy) is 1. The zero-order valence-electron chi connectivity index (χ0n) is 16.8. The van der Waals surface area contributed by atoms with Crippen molar-refractivity contribution in [2.75, 3.05) is 33.3 Å². The summed E-state index contributed by atoms with van der Waals surface area (Å²) in [6.45, 7) is 2.42. The van der Waals surface area contributed by atoms with E-state index in [1.54, 1.807) is 24.1 Å². The van der Waals surface area contributed by atoms with Crippen LogP contribution in [0.2, 0.25) is 0 Å². The molecule has 0 bridgehead atoms. The van der Waals surface area contributed by atoms with Gasteiger partial charge in [0.25, 0.3) is 5.91 Å². The van der Waals surface area contributed by atoms with Crippen LogP contribution in [0.4, 0.5) is 0 Å². The predicted molar refractivity (Wildman–Crippen MR) is 114 cm³/mol. The molecule has 9 nitrogen and oxygen atoms in total. The first kappa shape index (κ1) is 19.6. The molecule has 0 saturated carbocycles. The Bertz CT molecular complexity index is 1180. The zero-order valence-corrected chi connectivity index (χ0v) is 17.7. The van der Waals surface area contributed by atoms with E-state index in [0.717, 1.165) is 16.2 Å². The summed E-state index contributed by atoms with van der Waals surface area (Å²) in [6, 6.07) is 11.0. The van der Waals surface area contributed by atoms with E-state index in [2.05, 4.69) is 15.0 Å². The first-order chi connectivity index (χ1) is 15.2. The molecule has 1 fully saturated rings. The minimum absolute atomic E-state index is 0.0902. The van der Waals surface area contributed by atoms with E-state index in [1.165, 1.54) is 28.4 Å². The van der Waals surface area contributed by atoms with Crippen molar-refractivity contribution in [3.8, 4) is 11.6 Å². The van der Waals surface area contributed by atoms with Crippen LogP contribution in [0.25, 0.3) is 4.96 Å². The number of nitrogens with zero attached hydrogens (tertiary/aromatic N) is 5. The van der Waals surface area contributed by atoms with E-state index in [4.69, 9.17) is 9.15 Å². The van der Waals surface area contributed by atoms with Crippen LogP contribution in [0.3, 0.4) is 0 Å². The Morgan fingerprint density at radius 1 is 1.19 bits per heavy atom. The predicted octanol–water partition coefficient (Wildman–Crippen LogP) is 2.65. The van der Waals surface area contributed by atoms with Crippen LogP contribution >= 0.6 is 11.3 Å². The molecule has 160 valence electrons. The highest BCUT2D eigenvalue weighted by atomic mass is 32.1. The van der Waals surface area contributed by atoms with Gasteiger partial charge in [-0.15, -0.1) is 0 Å². The number of methoxy groups -OCH3 is 1. The third-order valence-electron chi connectivity index (χ3n) is 5.52. The van der Waals surface area contributed by atoms with Gasteiger partial charge in [-0.3, -0.25) is 9.69 Å².